The minimum absolute atomic E-state index is 0.0200. The van der Waals surface area contributed by atoms with Gasteiger partial charge in [0.2, 0.25) is 0 Å². The number of hydrogen-bond donors (Lipinski definition) is 0. The predicted octanol–water partition coefficient (Wildman–Crippen LogP) is 1.50. The van der Waals surface area contributed by atoms with Crippen molar-refractivity contribution in [1.82, 2.24) is 0 Å². The molecule has 0 aliphatic carbocycles. The van der Waals surface area contributed by atoms with E-state index in [2.05, 4.69) is 4.99 Å². The number of nitrogens with zero attached hydrogens (tertiary/aromatic N) is 1. The molecular weight excluding hydrogens is 146 g/mol. The van der Waals surface area contributed by atoms with Crippen molar-refractivity contribution in [1.29, 1.82) is 0 Å². The second-order valence-corrected chi connectivity index (χ2v) is 2.93. The van der Waals surface area contributed by atoms with E-state index in [4.69, 9.17) is 0 Å². The summed E-state index contributed by atoms with van der Waals surface area (Å²) in [6.45, 7) is 0. The zero-order valence-electron chi connectivity index (χ0n) is 5.20. The Hall–Kier alpha value is -0.830. The van der Waals surface area contributed by atoms with Crippen LogP contribution in [0.15, 0.2) is 27.5 Å². The van der Waals surface area contributed by atoms with E-state index in [0.717, 1.165) is 11.3 Å². The van der Waals surface area contributed by atoms with Gasteiger partial charge in [-0.1, -0.05) is 0 Å². The molecule has 2 aliphatic rings. The largest absolute Gasteiger partial charge is 0.272 e. The molecule has 50 valence electrons. The molecule has 0 N–H and O–H groups in total. The Balaban J connectivity index is 2.43. The van der Waals surface area contributed by atoms with E-state index >= 15 is 0 Å². The first-order valence-electron chi connectivity index (χ1n) is 2.99. The quantitative estimate of drug-likeness (QED) is 0.525. The Bertz CT molecular complexity index is 275. The van der Waals surface area contributed by atoms with E-state index in [-0.39, 0.29) is 5.91 Å². The van der Waals surface area contributed by atoms with Crippen molar-refractivity contribution in [3.8, 4) is 0 Å². The highest BCUT2D eigenvalue weighted by atomic mass is 32.2. The molecule has 3 heteroatoms. The van der Waals surface area contributed by atoms with Crippen LogP contribution in [0.3, 0.4) is 0 Å². The van der Waals surface area contributed by atoms with Crippen LogP contribution < -0.4 is 0 Å². The monoisotopic (exact) mass is 151 g/mol. The summed E-state index contributed by atoms with van der Waals surface area (Å²) < 4.78 is 0. The molecule has 1 amide bonds. The molecule has 0 radical (unpaired) electrons. The fourth-order valence-electron chi connectivity index (χ4n) is 0.971. The summed E-state index contributed by atoms with van der Waals surface area (Å²) in [4.78, 5) is 14.6. The third-order valence-corrected chi connectivity index (χ3v) is 2.14. The molecule has 0 aromatic heterocycles. The van der Waals surface area contributed by atoms with Crippen molar-refractivity contribution in [3.05, 3.63) is 22.5 Å². The molecule has 0 spiro atoms. The van der Waals surface area contributed by atoms with Crippen LogP contribution in [-0.4, -0.2) is 11.6 Å². The molecule has 2 heterocycles. The first-order valence-corrected chi connectivity index (χ1v) is 3.93. The Morgan fingerprint density at radius 2 is 2.50 bits per heavy atom. The lowest BCUT2D eigenvalue weighted by Gasteiger charge is -1.99. The summed E-state index contributed by atoms with van der Waals surface area (Å²) in [5.41, 5.74) is 1.92. The Kier molecular flexibility index (Phi) is 1.24. The van der Waals surface area contributed by atoms with Gasteiger partial charge in [-0.2, -0.15) is 0 Å². The Labute approximate surface area is 62.7 Å². The van der Waals surface area contributed by atoms with Gasteiger partial charge in [0.05, 0.1) is 12.1 Å². The van der Waals surface area contributed by atoms with Crippen molar-refractivity contribution >= 4 is 23.4 Å². The lowest BCUT2D eigenvalue weighted by Crippen LogP contribution is -1.93. The van der Waals surface area contributed by atoms with Gasteiger partial charge in [0, 0.05) is 0 Å². The van der Waals surface area contributed by atoms with E-state index in [1.807, 2.05) is 16.9 Å². The van der Waals surface area contributed by atoms with Gasteiger partial charge in [0.15, 0.2) is 0 Å². The average molecular weight is 151 g/mol. The molecule has 10 heavy (non-hydrogen) atoms. The van der Waals surface area contributed by atoms with Crippen LogP contribution in [0, 0.1) is 0 Å². The van der Waals surface area contributed by atoms with Crippen molar-refractivity contribution in [2.24, 2.45) is 4.99 Å². The third kappa shape index (κ3) is 0.827. The van der Waals surface area contributed by atoms with Gasteiger partial charge in [-0.05, 0) is 22.5 Å². The molecule has 2 rings (SSSR count). The van der Waals surface area contributed by atoms with Crippen LogP contribution in [0.2, 0.25) is 0 Å². The SMILES string of the molecule is O=C1CC2=CSC=CC2=N1. The number of hydrogen-bond acceptors (Lipinski definition) is 2. The molecule has 0 atom stereocenters. The highest BCUT2D eigenvalue weighted by molar-refractivity contribution is 8.05. The van der Waals surface area contributed by atoms with Crippen molar-refractivity contribution < 1.29 is 4.79 Å². The van der Waals surface area contributed by atoms with Gasteiger partial charge in [-0.15, -0.1) is 11.8 Å². The van der Waals surface area contributed by atoms with Crippen LogP contribution in [0.4, 0.5) is 0 Å². The topological polar surface area (TPSA) is 29.4 Å². The minimum Gasteiger partial charge on any atom is -0.272 e. The van der Waals surface area contributed by atoms with Crippen LogP contribution in [0.1, 0.15) is 6.42 Å². The first-order chi connectivity index (χ1) is 4.86. The summed E-state index contributed by atoms with van der Waals surface area (Å²) in [5.74, 6) is -0.0200. The second-order valence-electron chi connectivity index (χ2n) is 2.15. The maximum absolute atomic E-state index is 10.7. The van der Waals surface area contributed by atoms with Crippen LogP contribution >= 0.6 is 11.8 Å². The summed E-state index contributed by atoms with van der Waals surface area (Å²) in [6, 6.07) is 0. The number of thioether (sulfide) groups is 1. The molecule has 0 aromatic carbocycles. The second kappa shape index (κ2) is 2.09. The zero-order valence-corrected chi connectivity index (χ0v) is 6.02. The molecule has 2 aliphatic heterocycles. The standard InChI is InChI=1S/C7H5NOS/c9-7-3-5-4-10-2-1-6(5)8-7/h1-2,4H,3H2. The van der Waals surface area contributed by atoms with Crippen molar-refractivity contribution in [3.63, 3.8) is 0 Å². The fraction of sp³-hybridized carbons (Fsp3) is 0.143. The molecule has 2 nitrogen and oxygen atoms in total. The third-order valence-electron chi connectivity index (χ3n) is 1.43. The van der Waals surface area contributed by atoms with Gasteiger partial charge < -0.3 is 0 Å². The summed E-state index contributed by atoms with van der Waals surface area (Å²) in [7, 11) is 0. The van der Waals surface area contributed by atoms with Gasteiger partial charge >= 0.3 is 0 Å². The maximum atomic E-state index is 10.7. The number of carbonyl (C=O) groups excluding carboxylic acids is 1. The van der Waals surface area contributed by atoms with Crippen molar-refractivity contribution in [2.45, 2.75) is 6.42 Å². The molecular formula is C7H5NOS. The Morgan fingerprint density at radius 1 is 1.60 bits per heavy atom. The minimum atomic E-state index is -0.0200. The molecule has 0 saturated heterocycles. The highest BCUT2D eigenvalue weighted by Gasteiger charge is 2.18. The molecule has 0 saturated carbocycles. The molecule has 0 aromatic rings. The fourth-order valence-corrected chi connectivity index (χ4v) is 1.63. The number of fused-ring (bicyclic) bond motifs is 1. The summed E-state index contributed by atoms with van der Waals surface area (Å²) >= 11 is 1.60. The number of rotatable bonds is 0. The summed E-state index contributed by atoms with van der Waals surface area (Å²) in [6.07, 6.45) is 2.37. The van der Waals surface area contributed by atoms with Crippen molar-refractivity contribution in [2.75, 3.05) is 0 Å². The van der Waals surface area contributed by atoms with Gasteiger partial charge in [-0.3, -0.25) is 4.79 Å². The van der Waals surface area contributed by atoms with E-state index in [1.54, 1.807) is 11.8 Å². The van der Waals surface area contributed by atoms with Crippen LogP contribution in [-0.2, 0) is 4.79 Å². The number of amides is 1. The molecule has 0 fully saturated rings. The van der Waals surface area contributed by atoms with Crippen LogP contribution in [0.5, 0.6) is 0 Å². The average Bonchev–Trinajstić information content (AvgIpc) is 2.27. The first kappa shape index (κ1) is 5.92. The molecule has 0 bridgehead atoms. The summed E-state index contributed by atoms with van der Waals surface area (Å²) in [5, 5.41) is 3.91. The maximum Gasteiger partial charge on any atom is 0.250 e. The zero-order chi connectivity index (χ0) is 6.97. The van der Waals surface area contributed by atoms with Gasteiger partial charge in [0.25, 0.3) is 5.91 Å². The lowest BCUT2D eigenvalue weighted by atomic mass is 10.1. The van der Waals surface area contributed by atoms with E-state index < -0.39 is 0 Å². The van der Waals surface area contributed by atoms with Crippen LogP contribution in [0.25, 0.3) is 0 Å². The van der Waals surface area contributed by atoms with Gasteiger partial charge in [-0.25, -0.2) is 4.99 Å². The van der Waals surface area contributed by atoms with E-state index in [9.17, 15) is 4.79 Å². The normalized spacial score (nSPS) is 22.2. The predicted molar refractivity (Wildman–Crippen MR) is 41.9 cm³/mol. The smallest absolute Gasteiger partial charge is 0.250 e. The van der Waals surface area contributed by atoms with E-state index in [1.165, 1.54) is 0 Å². The Morgan fingerprint density at radius 3 is 3.30 bits per heavy atom. The lowest BCUT2D eigenvalue weighted by molar-refractivity contribution is -0.116. The number of aliphatic imine (C=N–C) groups is 1. The number of carbonyl (C=O) groups is 1. The van der Waals surface area contributed by atoms with Gasteiger partial charge in [0.1, 0.15) is 0 Å². The highest BCUT2D eigenvalue weighted by Crippen LogP contribution is 2.24. The molecule has 0 unspecified atom stereocenters. The number of allylic oxidation sites excluding steroid dienone is 1. The van der Waals surface area contributed by atoms with E-state index in [0.29, 0.717) is 6.42 Å².